The molecule has 53 heavy (non-hydrogen) atoms. The van der Waals surface area contributed by atoms with Gasteiger partial charge in [-0.2, -0.15) is 0 Å². The third-order valence-electron chi connectivity index (χ3n) is 10.5. The highest BCUT2D eigenvalue weighted by Gasteiger charge is 2.21. The van der Waals surface area contributed by atoms with E-state index in [9.17, 15) is 0 Å². The minimum absolute atomic E-state index is 0.966. The summed E-state index contributed by atoms with van der Waals surface area (Å²) in [4.78, 5) is 4.68. The number of nitrogens with zero attached hydrogens (tertiary/aromatic N) is 2. The summed E-state index contributed by atoms with van der Waals surface area (Å²) >= 11 is 0. The van der Waals surface area contributed by atoms with E-state index in [4.69, 9.17) is 0 Å². The Morgan fingerprint density at radius 1 is 0.321 bits per heavy atom. The summed E-state index contributed by atoms with van der Waals surface area (Å²) < 4.78 is 0. The zero-order valence-corrected chi connectivity index (χ0v) is 30.1. The highest BCUT2D eigenvalue weighted by atomic mass is 15.1. The second-order valence-electron chi connectivity index (χ2n) is 13.9. The second kappa shape index (κ2) is 13.8. The zero-order chi connectivity index (χ0) is 35.7. The lowest BCUT2D eigenvalue weighted by molar-refractivity contribution is 1.25. The van der Waals surface area contributed by atoms with Crippen molar-refractivity contribution < 1.29 is 0 Å². The summed E-state index contributed by atoms with van der Waals surface area (Å²) in [5.41, 5.74) is 19.8. The highest BCUT2D eigenvalue weighted by Crippen LogP contribution is 2.43. The maximum atomic E-state index is 2.39. The van der Waals surface area contributed by atoms with E-state index in [-0.39, 0.29) is 0 Å². The van der Waals surface area contributed by atoms with Gasteiger partial charge in [-0.25, -0.2) is 0 Å². The lowest BCUT2D eigenvalue weighted by Gasteiger charge is -2.27. The van der Waals surface area contributed by atoms with Crippen LogP contribution in [0.5, 0.6) is 0 Å². The molecular formula is C51H40N2. The SMILES string of the molecule is Cc1ccccc1N(c1ccccc1)c1ccc(-c2ccc3c(c2)-c2cc(-c4ccc(N(c5ccccc5)c5ccccc5C)cc4)ccc2C3)cc1. The number of hydrogen-bond donors (Lipinski definition) is 0. The molecule has 1 aliphatic rings. The van der Waals surface area contributed by atoms with E-state index >= 15 is 0 Å². The van der Waals surface area contributed by atoms with Crippen molar-refractivity contribution in [3.63, 3.8) is 0 Å². The molecule has 0 fully saturated rings. The van der Waals surface area contributed by atoms with Gasteiger partial charge in [0.05, 0.1) is 0 Å². The first-order chi connectivity index (χ1) is 26.1. The van der Waals surface area contributed by atoms with Gasteiger partial charge < -0.3 is 9.80 Å². The van der Waals surface area contributed by atoms with E-state index in [2.05, 4.69) is 218 Å². The van der Waals surface area contributed by atoms with Crippen LogP contribution in [0.25, 0.3) is 33.4 Å². The number of rotatable bonds is 8. The summed E-state index contributed by atoms with van der Waals surface area (Å²) in [6, 6.07) is 70.4. The Labute approximate surface area is 312 Å². The molecule has 9 rings (SSSR count). The monoisotopic (exact) mass is 680 g/mol. The Bertz CT molecular complexity index is 2360. The van der Waals surface area contributed by atoms with E-state index in [1.165, 1.54) is 67.0 Å². The van der Waals surface area contributed by atoms with Crippen LogP contribution >= 0.6 is 0 Å². The van der Waals surface area contributed by atoms with Gasteiger partial charge in [0.25, 0.3) is 0 Å². The number of hydrogen-bond acceptors (Lipinski definition) is 2. The third-order valence-corrected chi connectivity index (χ3v) is 10.5. The maximum Gasteiger partial charge on any atom is 0.0490 e. The number of fused-ring (bicyclic) bond motifs is 3. The second-order valence-corrected chi connectivity index (χ2v) is 13.9. The number of aryl methyl sites for hydroxylation is 2. The molecule has 0 N–H and O–H groups in total. The van der Waals surface area contributed by atoms with Gasteiger partial charge in [-0.1, -0.05) is 121 Å². The molecule has 0 aliphatic heterocycles. The zero-order valence-electron chi connectivity index (χ0n) is 30.1. The summed E-state index contributed by atoms with van der Waals surface area (Å²) in [6.07, 6.45) is 0.966. The Morgan fingerprint density at radius 3 is 1.06 bits per heavy atom. The van der Waals surface area contributed by atoms with Gasteiger partial charge in [-0.05, 0) is 149 Å². The Kier molecular flexibility index (Phi) is 8.42. The molecule has 8 aromatic rings. The molecule has 0 saturated carbocycles. The summed E-state index contributed by atoms with van der Waals surface area (Å²) in [7, 11) is 0. The van der Waals surface area contributed by atoms with Crippen molar-refractivity contribution in [2.45, 2.75) is 20.3 Å². The van der Waals surface area contributed by atoms with Gasteiger partial charge in [-0.15, -0.1) is 0 Å². The first-order valence-corrected chi connectivity index (χ1v) is 18.4. The highest BCUT2D eigenvalue weighted by molar-refractivity contribution is 5.86. The van der Waals surface area contributed by atoms with E-state index in [1.807, 2.05) is 0 Å². The quantitative estimate of drug-likeness (QED) is 0.158. The third kappa shape index (κ3) is 6.19. The standard InChI is InChI=1S/C51H40N2/c1-36-13-9-11-19-50(36)52(44-15-5-3-6-16-44)46-29-25-38(26-30-46)40-21-23-42-33-43-24-22-41(35-49(43)48(42)34-40)39-27-31-47(32-28-39)53(45-17-7-4-8-18-45)51-20-12-10-14-37(51)2/h3-32,34-35H,33H2,1-2H3. The molecule has 254 valence electrons. The van der Waals surface area contributed by atoms with Crippen LogP contribution in [-0.4, -0.2) is 0 Å². The molecule has 1 aliphatic carbocycles. The van der Waals surface area contributed by atoms with Crippen molar-refractivity contribution in [1.82, 2.24) is 0 Å². The van der Waals surface area contributed by atoms with Crippen LogP contribution in [0.2, 0.25) is 0 Å². The maximum absolute atomic E-state index is 2.39. The van der Waals surface area contributed by atoms with Crippen molar-refractivity contribution in [2.24, 2.45) is 0 Å². The number of para-hydroxylation sites is 4. The molecule has 0 aromatic heterocycles. The smallest absolute Gasteiger partial charge is 0.0490 e. The van der Waals surface area contributed by atoms with E-state index in [0.29, 0.717) is 0 Å². The van der Waals surface area contributed by atoms with Gasteiger partial charge in [0.15, 0.2) is 0 Å². The van der Waals surface area contributed by atoms with Gasteiger partial charge in [0, 0.05) is 34.1 Å². The molecule has 2 heteroatoms. The summed E-state index contributed by atoms with van der Waals surface area (Å²) in [5, 5.41) is 0. The molecule has 2 nitrogen and oxygen atoms in total. The molecule has 8 aromatic carbocycles. The summed E-state index contributed by atoms with van der Waals surface area (Å²) in [5.74, 6) is 0. The first-order valence-electron chi connectivity index (χ1n) is 18.4. The molecule has 0 amide bonds. The van der Waals surface area contributed by atoms with Crippen LogP contribution in [-0.2, 0) is 6.42 Å². The Balaban J connectivity index is 1.02. The number of anilines is 6. The van der Waals surface area contributed by atoms with Gasteiger partial charge >= 0.3 is 0 Å². The van der Waals surface area contributed by atoms with Crippen molar-refractivity contribution in [2.75, 3.05) is 9.80 Å². The Hall–Kier alpha value is -6.64. The van der Waals surface area contributed by atoms with Crippen LogP contribution in [0.1, 0.15) is 22.3 Å². The van der Waals surface area contributed by atoms with Crippen molar-refractivity contribution in [3.8, 4) is 33.4 Å². The average molecular weight is 681 g/mol. The normalized spacial score (nSPS) is 11.5. The topological polar surface area (TPSA) is 6.48 Å². The fourth-order valence-corrected chi connectivity index (χ4v) is 7.77. The van der Waals surface area contributed by atoms with Crippen LogP contribution in [0.15, 0.2) is 194 Å². The predicted octanol–water partition coefficient (Wildman–Crippen LogP) is 14.1. The van der Waals surface area contributed by atoms with Crippen molar-refractivity contribution >= 4 is 34.1 Å². The Morgan fingerprint density at radius 2 is 0.660 bits per heavy atom. The molecule has 0 radical (unpaired) electrons. The first kappa shape index (κ1) is 32.3. The van der Waals surface area contributed by atoms with E-state index < -0.39 is 0 Å². The predicted molar refractivity (Wildman–Crippen MR) is 224 cm³/mol. The van der Waals surface area contributed by atoms with Crippen molar-refractivity contribution in [3.05, 3.63) is 216 Å². The van der Waals surface area contributed by atoms with Crippen LogP contribution in [0.3, 0.4) is 0 Å². The molecule has 0 heterocycles. The largest absolute Gasteiger partial charge is 0.310 e. The molecular weight excluding hydrogens is 641 g/mol. The van der Waals surface area contributed by atoms with Crippen molar-refractivity contribution in [1.29, 1.82) is 0 Å². The number of benzene rings is 8. The van der Waals surface area contributed by atoms with Crippen LogP contribution in [0, 0.1) is 13.8 Å². The lowest BCUT2D eigenvalue weighted by Crippen LogP contribution is -2.11. The van der Waals surface area contributed by atoms with Crippen LogP contribution < -0.4 is 9.80 Å². The minimum Gasteiger partial charge on any atom is -0.310 e. The average Bonchev–Trinajstić information content (AvgIpc) is 3.58. The minimum atomic E-state index is 0.966. The molecule has 0 saturated heterocycles. The molecule has 0 atom stereocenters. The summed E-state index contributed by atoms with van der Waals surface area (Å²) in [6.45, 7) is 4.35. The molecule has 0 unspecified atom stereocenters. The fourth-order valence-electron chi connectivity index (χ4n) is 7.77. The molecule has 0 spiro atoms. The lowest BCUT2D eigenvalue weighted by atomic mass is 9.96. The van der Waals surface area contributed by atoms with E-state index in [1.54, 1.807) is 0 Å². The van der Waals surface area contributed by atoms with E-state index in [0.717, 1.165) is 29.2 Å². The van der Waals surface area contributed by atoms with Crippen LogP contribution in [0.4, 0.5) is 34.1 Å². The molecule has 0 bridgehead atoms. The van der Waals surface area contributed by atoms with Gasteiger partial charge in [0.2, 0.25) is 0 Å². The van der Waals surface area contributed by atoms with Gasteiger partial charge in [-0.3, -0.25) is 0 Å². The fraction of sp³-hybridized carbons (Fsp3) is 0.0588. The van der Waals surface area contributed by atoms with Gasteiger partial charge in [0.1, 0.15) is 0 Å².